The largest absolute Gasteiger partial charge is 0.337 e. The predicted molar refractivity (Wildman–Crippen MR) is 112 cm³/mol. The molecule has 1 aromatic heterocycles. The molecule has 29 heavy (non-hydrogen) atoms. The molecule has 7 nitrogen and oxygen atoms in total. The SMILES string of the molecule is Cc1cccc(NC(=O)NNC(=O)c2cccn(Cc3cccc(Cl)c3)c2=O)c1. The van der Waals surface area contributed by atoms with Crippen molar-refractivity contribution in [3.05, 3.63) is 98.9 Å². The van der Waals surface area contributed by atoms with Gasteiger partial charge in [-0.05, 0) is 54.4 Å². The van der Waals surface area contributed by atoms with Crippen molar-refractivity contribution >= 4 is 29.2 Å². The third-order valence-electron chi connectivity index (χ3n) is 4.07. The van der Waals surface area contributed by atoms with Crippen LogP contribution in [0, 0.1) is 6.92 Å². The lowest BCUT2D eigenvalue weighted by atomic mass is 10.2. The summed E-state index contributed by atoms with van der Waals surface area (Å²) in [7, 11) is 0. The first-order chi connectivity index (χ1) is 13.9. The molecule has 0 aliphatic rings. The van der Waals surface area contributed by atoms with Gasteiger partial charge in [0.2, 0.25) is 0 Å². The minimum atomic E-state index is -0.713. The Morgan fingerprint density at radius 3 is 2.55 bits per heavy atom. The van der Waals surface area contributed by atoms with E-state index in [9.17, 15) is 14.4 Å². The van der Waals surface area contributed by atoms with E-state index < -0.39 is 17.5 Å². The van der Waals surface area contributed by atoms with Crippen LogP contribution in [0.5, 0.6) is 0 Å². The maximum absolute atomic E-state index is 12.6. The average Bonchev–Trinajstić information content (AvgIpc) is 2.68. The van der Waals surface area contributed by atoms with Crippen LogP contribution in [-0.4, -0.2) is 16.5 Å². The average molecular weight is 411 g/mol. The number of hydrogen-bond donors (Lipinski definition) is 3. The number of aromatic nitrogens is 1. The molecule has 2 aromatic carbocycles. The lowest BCUT2D eigenvalue weighted by Gasteiger charge is -2.11. The molecule has 0 atom stereocenters. The number of benzene rings is 2. The number of aryl methyl sites for hydroxylation is 1. The van der Waals surface area contributed by atoms with Gasteiger partial charge in [-0.3, -0.25) is 15.0 Å². The number of carbonyl (C=O) groups excluding carboxylic acids is 2. The minimum Gasteiger partial charge on any atom is -0.310 e. The number of urea groups is 1. The molecule has 0 aliphatic heterocycles. The number of hydrazine groups is 1. The molecular weight excluding hydrogens is 392 g/mol. The first-order valence-corrected chi connectivity index (χ1v) is 9.18. The summed E-state index contributed by atoms with van der Waals surface area (Å²) in [4.78, 5) is 36.9. The number of nitrogens with one attached hydrogen (secondary N) is 3. The Bertz CT molecular complexity index is 1110. The molecular formula is C21H19ClN4O3. The molecule has 0 radical (unpaired) electrons. The lowest BCUT2D eigenvalue weighted by molar-refractivity contribution is 0.0936. The van der Waals surface area contributed by atoms with Gasteiger partial charge in [0.1, 0.15) is 5.56 Å². The fourth-order valence-corrected chi connectivity index (χ4v) is 2.95. The standard InChI is InChI=1S/C21H19ClN4O3/c1-14-5-2-8-17(11-14)23-21(29)25-24-19(27)18-9-4-10-26(20(18)28)13-15-6-3-7-16(22)12-15/h2-12H,13H2,1H3,(H,24,27)(H2,23,25,29). The first-order valence-electron chi connectivity index (χ1n) is 8.80. The molecule has 0 aliphatic carbocycles. The molecule has 3 amide bonds. The molecule has 0 saturated heterocycles. The zero-order chi connectivity index (χ0) is 20.8. The predicted octanol–water partition coefficient (Wildman–Crippen LogP) is 3.32. The number of nitrogens with zero attached hydrogens (tertiary/aromatic N) is 1. The van der Waals surface area contributed by atoms with Gasteiger partial charge in [-0.2, -0.15) is 0 Å². The van der Waals surface area contributed by atoms with Gasteiger partial charge in [0, 0.05) is 16.9 Å². The fraction of sp³-hybridized carbons (Fsp3) is 0.0952. The van der Waals surface area contributed by atoms with Gasteiger partial charge in [0.15, 0.2) is 0 Å². The van der Waals surface area contributed by atoms with Crippen LogP contribution in [0.2, 0.25) is 5.02 Å². The summed E-state index contributed by atoms with van der Waals surface area (Å²) < 4.78 is 1.40. The third kappa shape index (κ3) is 5.46. The van der Waals surface area contributed by atoms with E-state index in [-0.39, 0.29) is 12.1 Å². The van der Waals surface area contributed by atoms with Gasteiger partial charge >= 0.3 is 6.03 Å². The Labute approximate surface area is 172 Å². The second kappa shape index (κ2) is 9.07. The van der Waals surface area contributed by atoms with Crippen molar-refractivity contribution in [3.63, 3.8) is 0 Å². The maximum atomic E-state index is 12.6. The highest BCUT2D eigenvalue weighted by Crippen LogP contribution is 2.11. The molecule has 0 fully saturated rings. The molecule has 3 rings (SSSR count). The fourth-order valence-electron chi connectivity index (χ4n) is 2.73. The summed E-state index contributed by atoms with van der Waals surface area (Å²) in [6.07, 6.45) is 1.58. The minimum absolute atomic E-state index is 0.0922. The van der Waals surface area contributed by atoms with Gasteiger partial charge in [-0.1, -0.05) is 35.9 Å². The molecule has 3 N–H and O–H groups in total. The van der Waals surface area contributed by atoms with E-state index in [4.69, 9.17) is 11.6 Å². The Morgan fingerprint density at radius 2 is 1.79 bits per heavy atom. The van der Waals surface area contributed by atoms with Gasteiger partial charge in [0.05, 0.1) is 6.54 Å². The molecule has 148 valence electrons. The number of pyridine rings is 1. The van der Waals surface area contributed by atoms with E-state index >= 15 is 0 Å². The van der Waals surface area contributed by atoms with Gasteiger partial charge in [-0.25, -0.2) is 10.2 Å². The summed E-state index contributed by atoms with van der Waals surface area (Å²) in [5.74, 6) is -0.713. The first kappa shape index (κ1) is 20.2. The van der Waals surface area contributed by atoms with Crippen LogP contribution < -0.4 is 21.7 Å². The number of rotatable bonds is 4. The van der Waals surface area contributed by atoms with Crippen molar-refractivity contribution < 1.29 is 9.59 Å². The van der Waals surface area contributed by atoms with Crippen LogP contribution in [0.3, 0.4) is 0 Å². The zero-order valence-corrected chi connectivity index (χ0v) is 16.4. The Kier molecular flexibility index (Phi) is 6.31. The second-order valence-electron chi connectivity index (χ2n) is 6.39. The van der Waals surface area contributed by atoms with Crippen LogP contribution in [0.4, 0.5) is 10.5 Å². The van der Waals surface area contributed by atoms with Crippen LogP contribution in [0.25, 0.3) is 0 Å². The van der Waals surface area contributed by atoms with Gasteiger partial charge < -0.3 is 9.88 Å². The maximum Gasteiger partial charge on any atom is 0.337 e. The summed E-state index contributed by atoms with van der Waals surface area (Å²) in [6, 6.07) is 16.7. The van der Waals surface area contributed by atoms with Crippen molar-refractivity contribution in [2.45, 2.75) is 13.5 Å². The van der Waals surface area contributed by atoms with Crippen LogP contribution >= 0.6 is 11.6 Å². The van der Waals surface area contributed by atoms with E-state index in [1.54, 1.807) is 48.7 Å². The van der Waals surface area contributed by atoms with Crippen LogP contribution in [0.1, 0.15) is 21.5 Å². The van der Waals surface area contributed by atoms with Gasteiger partial charge in [0.25, 0.3) is 11.5 Å². The smallest absolute Gasteiger partial charge is 0.310 e. The summed E-state index contributed by atoms with van der Waals surface area (Å²) in [6.45, 7) is 2.16. The van der Waals surface area contributed by atoms with E-state index in [1.165, 1.54) is 10.6 Å². The Hall–Kier alpha value is -3.58. The summed E-state index contributed by atoms with van der Waals surface area (Å²) in [5.41, 5.74) is 6.30. The molecule has 0 saturated carbocycles. The highest BCUT2D eigenvalue weighted by atomic mass is 35.5. The van der Waals surface area contributed by atoms with Crippen molar-refractivity contribution in [2.24, 2.45) is 0 Å². The zero-order valence-electron chi connectivity index (χ0n) is 15.6. The Morgan fingerprint density at radius 1 is 1.00 bits per heavy atom. The van der Waals surface area contributed by atoms with Crippen LogP contribution in [-0.2, 0) is 6.54 Å². The van der Waals surface area contributed by atoms with E-state index in [0.717, 1.165) is 11.1 Å². The van der Waals surface area contributed by atoms with Crippen molar-refractivity contribution in [2.75, 3.05) is 5.32 Å². The van der Waals surface area contributed by atoms with Crippen molar-refractivity contribution in [3.8, 4) is 0 Å². The van der Waals surface area contributed by atoms with E-state index in [1.807, 2.05) is 19.1 Å². The molecule has 8 heteroatoms. The molecule has 0 unspecified atom stereocenters. The van der Waals surface area contributed by atoms with E-state index in [2.05, 4.69) is 16.2 Å². The number of amides is 3. The normalized spacial score (nSPS) is 10.3. The second-order valence-corrected chi connectivity index (χ2v) is 6.82. The molecule has 0 spiro atoms. The number of carbonyl (C=O) groups is 2. The topological polar surface area (TPSA) is 92.2 Å². The number of halogens is 1. The van der Waals surface area contributed by atoms with Crippen molar-refractivity contribution in [1.82, 2.24) is 15.4 Å². The van der Waals surface area contributed by atoms with Crippen molar-refractivity contribution in [1.29, 1.82) is 0 Å². The molecule has 1 heterocycles. The lowest BCUT2D eigenvalue weighted by Crippen LogP contribution is -2.45. The highest BCUT2D eigenvalue weighted by molar-refractivity contribution is 6.30. The summed E-state index contributed by atoms with van der Waals surface area (Å²) in [5, 5.41) is 3.16. The monoisotopic (exact) mass is 410 g/mol. The number of hydrogen-bond acceptors (Lipinski definition) is 3. The Balaban J connectivity index is 1.65. The number of anilines is 1. The van der Waals surface area contributed by atoms with Crippen LogP contribution in [0.15, 0.2) is 71.7 Å². The quantitative estimate of drug-likeness (QED) is 0.576. The summed E-state index contributed by atoms with van der Waals surface area (Å²) >= 11 is 5.97. The molecule has 3 aromatic rings. The third-order valence-corrected chi connectivity index (χ3v) is 4.31. The molecule has 0 bridgehead atoms. The highest BCUT2D eigenvalue weighted by Gasteiger charge is 2.13. The van der Waals surface area contributed by atoms with E-state index in [0.29, 0.717) is 10.7 Å². The van der Waals surface area contributed by atoms with Gasteiger partial charge in [-0.15, -0.1) is 0 Å².